The number of halogens is 1. The van der Waals surface area contributed by atoms with Crippen LogP contribution >= 0.6 is 11.6 Å². The molecule has 0 unspecified atom stereocenters. The molecule has 0 aromatic heterocycles. The van der Waals surface area contributed by atoms with Crippen LogP contribution in [0.5, 0.6) is 11.5 Å². The van der Waals surface area contributed by atoms with E-state index in [1.807, 2.05) is 19.1 Å². The van der Waals surface area contributed by atoms with Gasteiger partial charge in [0.2, 0.25) is 5.91 Å². The maximum Gasteiger partial charge on any atom is 0.240 e. The number of phenols is 1. The number of hydrazone groups is 1. The Labute approximate surface area is 145 Å². The molecule has 0 bridgehead atoms. The fourth-order valence-electron chi connectivity index (χ4n) is 2.03. The summed E-state index contributed by atoms with van der Waals surface area (Å²) in [7, 11) is 0. The van der Waals surface area contributed by atoms with E-state index in [1.165, 1.54) is 6.21 Å². The van der Waals surface area contributed by atoms with Crippen LogP contribution in [-0.4, -0.2) is 23.8 Å². The number of nitrogens with one attached hydrogen (secondary N) is 1. The second-order valence-corrected chi connectivity index (χ2v) is 5.69. The summed E-state index contributed by atoms with van der Waals surface area (Å²) in [6.45, 7) is 2.36. The summed E-state index contributed by atoms with van der Waals surface area (Å²) in [4.78, 5) is 11.7. The van der Waals surface area contributed by atoms with Gasteiger partial charge in [-0.05, 0) is 54.8 Å². The number of benzene rings is 2. The SMILES string of the molecule is Cc1cc(Cl)ccc1OCCCC(=O)N/N=C/c1cccc(O)c1. The number of phenolic OH excluding ortho intramolecular Hbond substituents is 1. The number of carbonyl (C=O) groups excluding carboxylic acids is 1. The highest BCUT2D eigenvalue weighted by Gasteiger charge is 2.03. The summed E-state index contributed by atoms with van der Waals surface area (Å²) in [5, 5.41) is 13.8. The summed E-state index contributed by atoms with van der Waals surface area (Å²) in [6, 6.07) is 12.0. The molecule has 2 rings (SSSR count). The van der Waals surface area contributed by atoms with E-state index < -0.39 is 0 Å². The molecular formula is C18H19ClN2O3. The monoisotopic (exact) mass is 346 g/mol. The zero-order valence-corrected chi connectivity index (χ0v) is 14.1. The van der Waals surface area contributed by atoms with Crippen molar-refractivity contribution >= 4 is 23.7 Å². The molecule has 5 nitrogen and oxygen atoms in total. The minimum Gasteiger partial charge on any atom is -0.508 e. The molecule has 2 aromatic carbocycles. The summed E-state index contributed by atoms with van der Waals surface area (Å²) in [6.07, 6.45) is 2.37. The van der Waals surface area contributed by atoms with Crippen molar-refractivity contribution in [1.82, 2.24) is 5.43 Å². The van der Waals surface area contributed by atoms with Crippen LogP contribution in [0.2, 0.25) is 5.02 Å². The van der Waals surface area contributed by atoms with Crippen molar-refractivity contribution in [3.05, 3.63) is 58.6 Å². The Morgan fingerprint density at radius 2 is 2.17 bits per heavy atom. The van der Waals surface area contributed by atoms with Crippen molar-refractivity contribution in [2.24, 2.45) is 5.10 Å². The number of amides is 1. The van der Waals surface area contributed by atoms with Crippen molar-refractivity contribution < 1.29 is 14.6 Å². The third kappa shape index (κ3) is 5.93. The fourth-order valence-corrected chi connectivity index (χ4v) is 2.26. The van der Waals surface area contributed by atoms with E-state index >= 15 is 0 Å². The summed E-state index contributed by atoms with van der Waals surface area (Å²) in [5.74, 6) is 0.726. The van der Waals surface area contributed by atoms with E-state index in [4.69, 9.17) is 16.3 Å². The lowest BCUT2D eigenvalue weighted by molar-refractivity contribution is -0.121. The topological polar surface area (TPSA) is 70.9 Å². The molecule has 0 saturated carbocycles. The number of hydrogen-bond acceptors (Lipinski definition) is 4. The lowest BCUT2D eigenvalue weighted by Gasteiger charge is -2.08. The molecule has 0 spiro atoms. The van der Waals surface area contributed by atoms with Crippen molar-refractivity contribution in [3.63, 3.8) is 0 Å². The normalized spacial score (nSPS) is 10.8. The van der Waals surface area contributed by atoms with E-state index in [-0.39, 0.29) is 11.7 Å². The lowest BCUT2D eigenvalue weighted by atomic mass is 10.2. The number of nitrogens with zero attached hydrogens (tertiary/aromatic N) is 1. The maximum absolute atomic E-state index is 11.7. The quantitative estimate of drug-likeness (QED) is 0.456. The lowest BCUT2D eigenvalue weighted by Crippen LogP contribution is -2.18. The van der Waals surface area contributed by atoms with E-state index in [0.717, 1.165) is 11.3 Å². The van der Waals surface area contributed by atoms with Crippen LogP contribution in [0.15, 0.2) is 47.6 Å². The predicted molar refractivity (Wildman–Crippen MR) is 94.8 cm³/mol. The molecule has 2 N–H and O–H groups in total. The van der Waals surface area contributed by atoms with Gasteiger partial charge in [-0.1, -0.05) is 23.7 Å². The smallest absolute Gasteiger partial charge is 0.240 e. The first kappa shape index (κ1) is 17.8. The third-order valence-corrected chi connectivity index (χ3v) is 3.45. The van der Waals surface area contributed by atoms with E-state index in [1.54, 1.807) is 30.3 Å². The van der Waals surface area contributed by atoms with E-state index in [2.05, 4.69) is 10.5 Å². The molecule has 0 atom stereocenters. The van der Waals surface area contributed by atoms with Crippen LogP contribution in [0, 0.1) is 6.92 Å². The average molecular weight is 347 g/mol. The first-order chi connectivity index (χ1) is 11.5. The van der Waals surface area contributed by atoms with Gasteiger partial charge in [-0.3, -0.25) is 4.79 Å². The molecule has 0 radical (unpaired) electrons. The number of aromatic hydroxyl groups is 1. The standard InChI is InChI=1S/C18H19ClN2O3/c1-13-10-15(19)7-8-17(13)24-9-3-6-18(23)21-20-12-14-4-2-5-16(22)11-14/h2,4-5,7-8,10-12,22H,3,6,9H2,1H3,(H,21,23)/b20-12+. The van der Waals surface area contributed by atoms with Crippen LogP contribution in [-0.2, 0) is 4.79 Å². The van der Waals surface area contributed by atoms with Gasteiger partial charge < -0.3 is 9.84 Å². The Morgan fingerprint density at radius 1 is 1.33 bits per heavy atom. The van der Waals surface area contributed by atoms with Crippen molar-refractivity contribution in [3.8, 4) is 11.5 Å². The molecule has 0 aliphatic carbocycles. The van der Waals surface area contributed by atoms with Crippen LogP contribution < -0.4 is 10.2 Å². The zero-order chi connectivity index (χ0) is 17.4. The molecule has 1 amide bonds. The summed E-state index contributed by atoms with van der Waals surface area (Å²) >= 11 is 5.89. The van der Waals surface area contributed by atoms with Crippen molar-refractivity contribution in [1.29, 1.82) is 0 Å². The zero-order valence-electron chi connectivity index (χ0n) is 13.3. The fraction of sp³-hybridized carbons (Fsp3) is 0.222. The van der Waals surface area contributed by atoms with Gasteiger partial charge in [0.15, 0.2) is 0 Å². The van der Waals surface area contributed by atoms with E-state index in [9.17, 15) is 9.90 Å². The molecular weight excluding hydrogens is 328 g/mol. The second-order valence-electron chi connectivity index (χ2n) is 5.25. The minimum atomic E-state index is -0.192. The van der Waals surface area contributed by atoms with Crippen molar-refractivity contribution in [2.75, 3.05) is 6.61 Å². The molecule has 2 aromatic rings. The molecule has 0 heterocycles. The number of ether oxygens (including phenoxy) is 1. The van der Waals surface area contributed by atoms with Crippen LogP contribution in [0.4, 0.5) is 0 Å². The highest BCUT2D eigenvalue weighted by atomic mass is 35.5. The molecule has 0 aliphatic heterocycles. The maximum atomic E-state index is 11.7. The number of aryl methyl sites for hydroxylation is 1. The van der Waals surface area contributed by atoms with Crippen molar-refractivity contribution in [2.45, 2.75) is 19.8 Å². The van der Waals surface area contributed by atoms with Gasteiger partial charge >= 0.3 is 0 Å². The summed E-state index contributed by atoms with van der Waals surface area (Å²) in [5.41, 5.74) is 4.11. The third-order valence-electron chi connectivity index (χ3n) is 3.22. The molecule has 0 fully saturated rings. The average Bonchev–Trinajstić information content (AvgIpc) is 2.53. The molecule has 0 saturated heterocycles. The molecule has 6 heteroatoms. The van der Waals surface area contributed by atoms with Gasteiger partial charge in [0.05, 0.1) is 12.8 Å². The highest BCUT2D eigenvalue weighted by Crippen LogP contribution is 2.21. The predicted octanol–water partition coefficient (Wildman–Crippen LogP) is 3.66. The van der Waals surface area contributed by atoms with Crippen LogP contribution in [0.25, 0.3) is 0 Å². The van der Waals surface area contributed by atoms with Gasteiger partial charge in [0.25, 0.3) is 0 Å². The van der Waals surface area contributed by atoms with Gasteiger partial charge in [-0.2, -0.15) is 5.10 Å². The van der Waals surface area contributed by atoms with Gasteiger partial charge in [-0.25, -0.2) is 5.43 Å². The summed E-state index contributed by atoms with van der Waals surface area (Å²) < 4.78 is 5.62. The van der Waals surface area contributed by atoms with Gasteiger partial charge in [0, 0.05) is 11.4 Å². The number of rotatable bonds is 7. The van der Waals surface area contributed by atoms with Gasteiger partial charge in [0.1, 0.15) is 11.5 Å². The minimum absolute atomic E-state index is 0.153. The molecule has 126 valence electrons. The Hall–Kier alpha value is -2.53. The van der Waals surface area contributed by atoms with Crippen LogP contribution in [0.3, 0.4) is 0 Å². The second kappa shape index (κ2) is 8.93. The first-order valence-electron chi connectivity index (χ1n) is 7.54. The first-order valence-corrected chi connectivity index (χ1v) is 7.92. The molecule has 24 heavy (non-hydrogen) atoms. The van der Waals surface area contributed by atoms with Gasteiger partial charge in [-0.15, -0.1) is 0 Å². The number of hydrogen-bond donors (Lipinski definition) is 2. The number of carbonyl (C=O) groups is 1. The van der Waals surface area contributed by atoms with E-state index in [0.29, 0.717) is 30.0 Å². The Morgan fingerprint density at radius 3 is 2.92 bits per heavy atom. The van der Waals surface area contributed by atoms with Crippen LogP contribution in [0.1, 0.15) is 24.0 Å². The Kier molecular flexibility index (Phi) is 6.63. The Balaban J connectivity index is 1.68. The Bertz CT molecular complexity index is 732. The molecule has 0 aliphatic rings. The largest absolute Gasteiger partial charge is 0.508 e. The highest BCUT2D eigenvalue weighted by molar-refractivity contribution is 6.30.